The molecule has 0 radical (unpaired) electrons. The van der Waals surface area contributed by atoms with Crippen LogP contribution in [0.25, 0.3) is 11.6 Å². The lowest BCUT2D eigenvalue weighted by Crippen LogP contribution is -2.38. The summed E-state index contributed by atoms with van der Waals surface area (Å²) in [7, 11) is 1.98. The van der Waals surface area contributed by atoms with Crippen molar-refractivity contribution in [2.24, 2.45) is 7.05 Å². The van der Waals surface area contributed by atoms with Gasteiger partial charge in [0, 0.05) is 32.8 Å². The molecule has 148 valence electrons. The highest BCUT2D eigenvalue weighted by molar-refractivity contribution is 5.73. The van der Waals surface area contributed by atoms with Gasteiger partial charge in [-0.25, -0.2) is 0 Å². The van der Waals surface area contributed by atoms with E-state index in [9.17, 15) is 4.79 Å². The predicted molar refractivity (Wildman–Crippen MR) is 103 cm³/mol. The molecule has 0 saturated carbocycles. The van der Waals surface area contributed by atoms with E-state index >= 15 is 0 Å². The van der Waals surface area contributed by atoms with Crippen molar-refractivity contribution in [1.29, 1.82) is 0 Å². The van der Waals surface area contributed by atoms with Crippen LogP contribution in [0.3, 0.4) is 0 Å². The number of nitrogens with zero attached hydrogens (tertiary/aromatic N) is 4. The molecule has 0 aliphatic carbocycles. The highest BCUT2D eigenvalue weighted by Gasteiger charge is 2.36. The summed E-state index contributed by atoms with van der Waals surface area (Å²) in [6.07, 6.45) is 0. The van der Waals surface area contributed by atoms with Crippen LogP contribution in [0.1, 0.15) is 35.9 Å². The van der Waals surface area contributed by atoms with Gasteiger partial charge in [-0.3, -0.25) is 9.69 Å². The van der Waals surface area contributed by atoms with Crippen LogP contribution in [0.5, 0.6) is 0 Å². The van der Waals surface area contributed by atoms with Gasteiger partial charge < -0.3 is 18.7 Å². The van der Waals surface area contributed by atoms with Crippen LogP contribution in [0.15, 0.2) is 33.1 Å². The number of nitrogens with one attached hydrogen (secondary N) is 1. The first kappa shape index (κ1) is 18.5. The molecule has 8 nitrogen and oxygen atoms in total. The fourth-order valence-electron chi connectivity index (χ4n) is 3.80. The van der Waals surface area contributed by atoms with Crippen LogP contribution in [-0.2, 0) is 18.4 Å². The van der Waals surface area contributed by atoms with E-state index < -0.39 is 0 Å². The smallest absolute Gasteiger partial charge is 0.264 e. The van der Waals surface area contributed by atoms with Crippen LogP contribution < -0.4 is 5.32 Å². The number of aryl methyl sites for hydroxylation is 2. The molecule has 1 aliphatic heterocycles. The fourth-order valence-corrected chi connectivity index (χ4v) is 3.80. The Labute approximate surface area is 163 Å². The summed E-state index contributed by atoms with van der Waals surface area (Å²) in [6.45, 7) is 7.48. The lowest BCUT2D eigenvalue weighted by molar-refractivity contribution is -0.119. The number of aromatic nitrogens is 3. The molecule has 0 spiro atoms. The third kappa shape index (κ3) is 3.60. The number of amides is 1. The van der Waals surface area contributed by atoms with Crippen molar-refractivity contribution in [2.75, 3.05) is 13.1 Å². The van der Waals surface area contributed by atoms with Gasteiger partial charge in [-0.05, 0) is 38.1 Å². The maximum atomic E-state index is 11.6. The Hall–Kier alpha value is -2.87. The van der Waals surface area contributed by atoms with Crippen molar-refractivity contribution in [2.45, 2.75) is 39.3 Å². The van der Waals surface area contributed by atoms with E-state index in [1.807, 2.05) is 49.7 Å². The molecule has 1 fully saturated rings. The fraction of sp³-hybridized carbons (Fsp3) is 0.450. The Bertz CT molecular complexity index is 986. The quantitative estimate of drug-likeness (QED) is 0.728. The van der Waals surface area contributed by atoms with Gasteiger partial charge >= 0.3 is 0 Å². The number of rotatable bonds is 5. The third-order valence-electron chi connectivity index (χ3n) is 5.33. The summed E-state index contributed by atoms with van der Waals surface area (Å²) in [5.41, 5.74) is 2.03. The van der Waals surface area contributed by atoms with Crippen molar-refractivity contribution >= 4 is 5.91 Å². The van der Waals surface area contributed by atoms with Crippen molar-refractivity contribution in [1.82, 2.24) is 25.0 Å². The number of furan rings is 1. The molecular weight excluding hydrogens is 358 g/mol. The van der Waals surface area contributed by atoms with Gasteiger partial charge in [-0.1, -0.05) is 0 Å². The van der Waals surface area contributed by atoms with Gasteiger partial charge in [0.1, 0.15) is 17.2 Å². The monoisotopic (exact) mass is 383 g/mol. The first-order valence-corrected chi connectivity index (χ1v) is 9.41. The maximum Gasteiger partial charge on any atom is 0.264 e. The Balaban J connectivity index is 1.49. The molecule has 4 heterocycles. The Morgan fingerprint density at radius 2 is 2.00 bits per heavy atom. The highest BCUT2D eigenvalue weighted by Crippen LogP contribution is 2.30. The average Bonchev–Trinajstić information content (AvgIpc) is 3.39. The Morgan fingerprint density at radius 3 is 2.64 bits per heavy atom. The first-order chi connectivity index (χ1) is 13.4. The molecule has 8 heteroatoms. The molecule has 3 aromatic heterocycles. The minimum atomic E-state index is -0.0423. The molecule has 0 aromatic carbocycles. The first-order valence-electron chi connectivity index (χ1n) is 9.41. The van der Waals surface area contributed by atoms with Crippen molar-refractivity contribution in [3.8, 4) is 11.6 Å². The zero-order valence-electron chi connectivity index (χ0n) is 16.6. The van der Waals surface area contributed by atoms with Crippen molar-refractivity contribution in [3.05, 3.63) is 47.4 Å². The largest absolute Gasteiger partial charge is 0.466 e. The standard InChI is InChI=1S/C20H25N5O3/c1-12-5-7-17(24(12)4)20-23-22-19(28-20)11-25-9-15(16(10-25)21-14(3)26)18-8-6-13(2)27-18/h5-8,15-16H,9-11H2,1-4H3,(H,21,26)/t15-,16-/m1/s1. The second-order valence-corrected chi connectivity index (χ2v) is 7.48. The molecule has 1 aliphatic rings. The molecule has 28 heavy (non-hydrogen) atoms. The molecule has 3 aromatic rings. The van der Waals surface area contributed by atoms with Crippen LogP contribution in [0, 0.1) is 13.8 Å². The van der Waals surface area contributed by atoms with Gasteiger partial charge in [0.15, 0.2) is 0 Å². The van der Waals surface area contributed by atoms with Crippen molar-refractivity contribution < 1.29 is 13.6 Å². The van der Waals surface area contributed by atoms with E-state index in [2.05, 4.69) is 20.4 Å². The molecule has 0 bridgehead atoms. The normalized spacial score (nSPS) is 20.0. The average molecular weight is 383 g/mol. The number of likely N-dealkylation sites (tertiary alicyclic amines) is 1. The van der Waals surface area contributed by atoms with Crippen LogP contribution in [-0.4, -0.2) is 44.7 Å². The van der Waals surface area contributed by atoms with E-state index in [4.69, 9.17) is 8.83 Å². The van der Waals surface area contributed by atoms with Gasteiger partial charge in [0.05, 0.1) is 18.5 Å². The summed E-state index contributed by atoms with van der Waals surface area (Å²) in [4.78, 5) is 13.8. The number of carbonyl (C=O) groups excluding carboxylic acids is 1. The van der Waals surface area contributed by atoms with E-state index in [-0.39, 0.29) is 17.9 Å². The zero-order valence-corrected chi connectivity index (χ0v) is 16.6. The SMILES string of the molecule is CC(=O)N[C@@H]1CN(Cc2nnc(-c3ccc(C)n3C)o2)C[C@H]1c1ccc(C)o1. The maximum absolute atomic E-state index is 11.6. The topological polar surface area (TPSA) is 89.3 Å². The summed E-state index contributed by atoms with van der Waals surface area (Å²) in [6, 6.07) is 7.93. The molecule has 1 saturated heterocycles. The highest BCUT2D eigenvalue weighted by atomic mass is 16.4. The number of hydrogen-bond donors (Lipinski definition) is 1. The lowest BCUT2D eigenvalue weighted by atomic mass is 10.0. The molecule has 4 rings (SSSR count). The minimum absolute atomic E-state index is 0.0130. The second kappa shape index (κ2) is 7.27. The minimum Gasteiger partial charge on any atom is -0.466 e. The summed E-state index contributed by atoms with van der Waals surface area (Å²) < 4.78 is 13.7. The lowest BCUT2D eigenvalue weighted by Gasteiger charge is -2.17. The summed E-state index contributed by atoms with van der Waals surface area (Å²) in [5.74, 6) is 2.89. The Kier molecular flexibility index (Phi) is 4.80. The van der Waals surface area contributed by atoms with Crippen LogP contribution >= 0.6 is 0 Å². The van der Waals surface area contributed by atoms with Gasteiger partial charge in [-0.2, -0.15) is 0 Å². The third-order valence-corrected chi connectivity index (χ3v) is 5.33. The van der Waals surface area contributed by atoms with E-state index in [1.54, 1.807) is 6.92 Å². The zero-order chi connectivity index (χ0) is 19.8. The Morgan fingerprint density at radius 1 is 1.18 bits per heavy atom. The molecule has 0 unspecified atom stereocenters. The van der Waals surface area contributed by atoms with Gasteiger partial charge in [-0.15, -0.1) is 10.2 Å². The van der Waals surface area contributed by atoms with E-state index in [0.29, 0.717) is 24.9 Å². The summed E-state index contributed by atoms with van der Waals surface area (Å²) in [5, 5.41) is 11.5. The molecule has 1 amide bonds. The predicted octanol–water partition coefficient (Wildman–Crippen LogP) is 2.39. The van der Waals surface area contributed by atoms with Crippen molar-refractivity contribution in [3.63, 3.8) is 0 Å². The summed E-state index contributed by atoms with van der Waals surface area (Å²) >= 11 is 0. The van der Waals surface area contributed by atoms with Crippen LogP contribution in [0.4, 0.5) is 0 Å². The molecule has 2 atom stereocenters. The number of hydrogen-bond acceptors (Lipinski definition) is 6. The van der Waals surface area contributed by atoms with E-state index in [0.717, 1.165) is 29.5 Å². The molecular formula is C20H25N5O3. The van der Waals surface area contributed by atoms with Crippen LogP contribution in [0.2, 0.25) is 0 Å². The number of carbonyl (C=O) groups is 1. The molecule has 1 N–H and O–H groups in total. The van der Waals surface area contributed by atoms with Gasteiger partial charge in [0.25, 0.3) is 5.89 Å². The van der Waals surface area contributed by atoms with E-state index in [1.165, 1.54) is 0 Å². The van der Waals surface area contributed by atoms with Gasteiger partial charge in [0.2, 0.25) is 11.8 Å². The second-order valence-electron chi connectivity index (χ2n) is 7.48.